The molecule has 0 saturated heterocycles. The quantitative estimate of drug-likeness (QED) is 0.673. The molecule has 1 N–H and O–H groups in total. The normalized spacial score (nSPS) is 16.2. The number of anilines is 1. The Balaban J connectivity index is 2.09. The number of nitrogens with zero attached hydrogens (tertiary/aromatic N) is 1. The Morgan fingerprint density at radius 3 is 2.37 bits per heavy atom. The number of rotatable bonds is 8. The molecule has 160 valence electrons. The van der Waals surface area contributed by atoms with E-state index in [0.29, 0.717) is 29.3 Å². The molecule has 30 heavy (non-hydrogen) atoms. The number of fused-ring (bicyclic) bond motifs is 1. The fourth-order valence-electron chi connectivity index (χ4n) is 3.86. The summed E-state index contributed by atoms with van der Waals surface area (Å²) in [6.07, 6.45) is 4.16. The first kappa shape index (κ1) is 22.1. The van der Waals surface area contributed by atoms with Crippen molar-refractivity contribution in [3.63, 3.8) is 0 Å². The van der Waals surface area contributed by atoms with Gasteiger partial charge in [0.05, 0.1) is 5.69 Å². The number of amides is 1. The summed E-state index contributed by atoms with van der Waals surface area (Å²) < 4.78 is 28.0. The Morgan fingerprint density at radius 2 is 1.70 bits per heavy atom. The Kier molecular flexibility index (Phi) is 6.98. The first-order valence-corrected chi connectivity index (χ1v) is 12.0. The van der Waals surface area contributed by atoms with Crippen LogP contribution < -0.4 is 9.62 Å². The molecule has 6 heteroatoms. The van der Waals surface area contributed by atoms with Crippen LogP contribution in [0.4, 0.5) is 5.69 Å². The second-order valence-corrected chi connectivity index (χ2v) is 9.59. The van der Waals surface area contributed by atoms with Gasteiger partial charge in [-0.15, -0.1) is 0 Å². The molecular formula is C24H30N2O3S. The Bertz CT molecular complexity index is 1030. The van der Waals surface area contributed by atoms with Gasteiger partial charge in [0.15, 0.2) is 4.91 Å². The minimum atomic E-state index is -3.98. The van der Waals surface area contributed by atoms with Gasteiger partial charge in [-0.3, -0.25) is 9.10 Å². The van der Waals surface area contributed by atoms with Crippen molar-refractivity contribution < 1.29 is 13.2 Å². The van der Waals surface area contributed by atoms with Gasteiger partial charge in [0.1, 0.15) is 0 Å². The molecule has 1 unspecified atom stereocenters. The van der Waals surface area contributed by atoms with E-state index in [0.717, 1.165) is 31.2 Å². The van der Waals surface area contributed by atoms with Gasteiger partial charge in [-0.25, -0.2) is 8.42 Å². The smallest absolute Gasteiger partial charge is 0.270 e. The molecule has 1 amide bonds. The molecule has 2 aromatic rings. The SMILES string of the molecule is CCCCC(CC)CNC(=O)C1=C(c2ccccc2)c2ccccc2N(C)S1(=O)=O. The van der Waals surface area contributed by atoms with Gasteiger partial charge in [0, 0.05) is 24.7 Å². The van der Waals surface area contributed by atoms with Gasteiger partial charge < -0.3 is 5.32 Å². The minimum Gasteiger partial charge on any atom is -0.351 e. The molecule has 0 bridgehead atoms. The highest BCUT2D eigenvalue weighted by atomic mass is 32.2. The number of sulfonamides is 1. The highest BCUT2D eigenvalue weighted by Crippen LogP contribution is 2.41. The molecule has 0 saturated carbocycles. The number of para-hydroxylation sites is 1. The van der Waals surface area contributed by atoms with Gasteiger partial charge in [-0.2, -0.15) is 0 Å². The average molecular weight is 427 g/mol. The molecule has 0 aliphatic carbocycles. The molecular weight excluding hydrogens is 396 g/mol. The number of nitrogens with one attached hydrogen (secondary N) is 1. The van der Waals surface area contributed by atoms with Crippen LogP contribution in [0.2, 0.25) is 0 Å². The van der Waals surface area contributed by atoms with Gasteiger partial charge in [0.25, 0.3) is 15.9 Å². The van der Waals surface area contributed by atoms with E-state index in [4.69, 9.17) is 0 Å². The number of benzene rings is 2. The summed E-state index contributed by atoms with van der Waals surface area (Å²) in [7, 11) is -2.48. The van der Waals surface area contributed by atoms with E-state index in [1.165, 1.54) is 11.4 Å². The van der Waals surface area contributed by atoms with Crippen molar-refractivity contribution in [3.8, 4) is 0 Å². The average Bonchev–Trinajstić information content (AvgIpc) is 2.76. The van der Waals surface area contributed by atoms with Crippen molar-refractivity contribution in [2.75, 3.05) is 17.9 Å². The monoisotopic (exact) mass is 426 g/mol. The summed E-state index contributed by atoms with van der Waals surface area (Å²) in [6.45, 7) is 4.72. The maximum atomic E-state index is 13.4. The van der Waals surface area contributed by atoms with E-state index in [1.54, 1.807) is 12.1 Å². The second kappa shape index (κ2) is 9.47. The van der Waals surface area contributed by atoms with Gasteiger partial charge in [-0.1, -0.05) is 81.6 Å². The van der Waals surface area contributed by atoms with Crippen LogP contribution >= 0.6 is 0 Å². The van der Waals surface area contributed by atoms with Crippen LogP contribution in [0.15, 0.2) is 59.5 Å². The zero-order valence-corrected chi connectivity index (χ0v) is 18.7. The van der Waals surface area contributed by atoms with E-state index in [9.17, 15) is 13.2 Å². The molecule has 0 fully saturated rings. The van der Waals surface area contributed by atoms with E-state index in [2.05, 4.69) is 19.2 Å². The highest BCUT2D eigenvalue weighted by Gasteiger charge is 2.39. The summed E-state index contributed by atoms with van der Waals surface area (Å²) in [5.74, 6) is -0.198. The van der Waals surface area contributed by atoms with Crippen molar-refractivity contribution in [2.45, 2.75) is 39.5 Å². The standard InChI is InChI=1S/C24H30N2O3S/c1-4-6-12-18(5-2)17-25-24(27)23-22(19-13-8-7-9-14-19)20-15-10-11-16-21(20)26(3)30(23,28)29/h7-11,13-16,18H,4-6,12,17H2,1-3H3,(H,25,27). The number of unbranched alkanes of at least 4 members (excludes halogenated alkanes) is 1. The Morgan fingerprint density at radius 1 is 1.03 bits per heavy atom. The Labute approximate surface area is 179 Å². The van der Waals surface area contributed by atoms with Crippen LogP contribution in [-0.4, -0.2) is 27.9 Å². The molecule has 0 radical (unpaired) electrons. The van der Waals surface area contributed by atoms with Crippen LogP contribution in [0, 0.1) is 5.92 Å². The lowest BCUT2D eigenvalue weighted by atomic mass is 9.95. The Hall–Kier alpha value is -2.60. The third-order valence-corrected chi connectivity index (χ3v) is 7.54. The minimum absolute atomic E-state index is 0.180. The fourth-order valence-corrected chi connectivity index (χ4v) is 5.34. The van der Waals surface area contributed by atoms with Crippen molar-refractivity contribution >= 4 is 27.2 Å². The lowest BCUT2D eigenvalue weighted by Gasteiger charge is -2.31. The van der Waals surface area contributed by atoms with Crippen LogP contribution in [0.3, 0.4) is 0 Å². The molecule has 1 aliphatic rings. The van der Waals surface area contributed by atoms with Crippen LogP contribution in [0.1, 0.15) is 50.7 Å². The van der Waals surface area contributed by atoms with Crippen molar-refractivity contribution in [1.29, 1.82) is 0 Å². The van der Waals surface area contributed by atoms with E-state index in [1.807, 2.05) is 42.5 Å². The molecule has 0 spiro atoms. The van der Waals surface area contributed by atoms with Crippen molar-refractivity contribution in [1.82, 2.24) is 5.32 Å². The fraction of sp³-hybridized carbons (Fsp3) is 0.375. The molecule has 2 aromatic carbocycles. The van der Waals surface area contributed by atoms with Crippen LogP contribution in [-0.2, 0) is 14.8 Å². The van der Waals surface area contributed by atoms with Crippen LogP contribution in [0.5, 0.6) is 0 Å². The zero-order valence-electron chi connectivity index (χ0n) is 17.9. The summed E-state index contributed by atoms with van der Waals surface area (Å²) in [4.78, 5) is 13.1. The molecule has 0 aromatic heterocycles. The predicted molar refractivity (Wildman–Crippen MR) is 123 cm³/mol. The highest BCUT2D eigenvalue weighted by molar-refractivity contribution is 7.97. The van der Waals surface area contributed by atoms with Gasteiger partial charge in [-0.05, 0) is 24.0 Å². The van der Waals surface area contributed by atoms with Crippen molar-refractivity contribution in [2.24, 2.45) is 5.92 Å². The number of carbonyl (C=O) groups is 1. The molecule has 1 aliphatic heterocycles. The zero-order chi connectivity index (χ0) is 21.7. The lowest BCUT2D eigenvalue weighted by Crippen LogP contribution is -2.40. The third kappa shape index (κ3) is 4.29. The number of hydrogen-bond acceptors (Lipinski definition) is 3. The maximum Gasteiger partial charge on any atom is 0.270 e. The molecule has 1 atom stereocenters. The summed E-state index contributed by atoms with van der Waals surface area (Å²) in [6, 6.07) is 16.6. The van der Waals surface area contributed by atoms with Crippen LogP contribution in [0.25, 0.3) is 5.57 Å². The molecule has 1 heterocycles. The van der Waals surface area contributed by atoms with Crippen molar-refractivity contribution in [3.05, 3.63) is 70.6 Å². The van der Waals surface area contributed by atoms with Gasteiger partial charge in [0.2, 0.25) is 0 Å². The topological polar surface area (TPSA) is 66.5 Å². The first-order chi connectivity index (χ1) is 14.4. The number of carbonyl (C=O) groups excluding carboxylic acids is 1. The van der Waals surface area contributed by atoms with E-state index in [-0.39, 0.29) is 4.91 Å². The van der Waals surface area contributed by atoms with Gasteiger partial charge >= 0.3 is 0 Å². The second-order valence-electron chi connectivity index (χ2n) is 7.69. The largest absolute Gasteiger partial charge is 0.351 e. The summed E-state index contributed by atoms with van der Waals surface area (Å²) in [5.41, 5.74) is 2.49. The maximum absolute atomic E-state index is 13.4. The van der Waals surface area contributed by atoms with E-state index >= 15 is 0 Å². The predicted octanol–water partition coefficient (Wildman–Crippen LogP) is 4.56. The molecule has 3 rings (SSSR count). The lowest BCUT2D eigenvalue weighted by molar-refractivity contribution is -0.117. The summed E-state index contributed by atoms with van der Waals surface area (Å²) >= 11 is 0. The first-order valence-electron chi connectivity index (χ1n) is 10.6. The summed E-state index contributed by atoms with van der Waals surface area (Å²) in [5, 5.41) is 2.92. The molecule has 5 nitrogen and oxygen atoms in total. The van der Waals surface area contributed by atoms with E-state index < -0.39 is 15.9 Å². The third-order valence-electron chi connectivity index (χ3n) is 5.72. The number of hydrogen-bond donors (Lipinski definition) is 1.